The molecule has 9 heavy (non-hydrogen) atoms. The van der Waals surface area contributed by atoms with E-state index in [1.54, 1.807) is 0 Å². The fourth-order valence-electron chi connectivity index (χ4n) is 0.526. The van der Waals surface area contributed by atoms with E-state index in [4.69, 9.17) is 9.46 Å². The van der Waals surface area contributed by atoms with Gasteiger partial charge in [0, 0.05) is 0 Å². The zero-order chi connectivity index (χ0) is 6.41. The van der Waals surface area contributed by atoms with Crippen molar-refractivity contribution in [1.29, 1.82) is 0 Å². The molecule has 1 rings (SSSR count). The van der Waals surface area contributed by atoms with Crippen molar-refractivity contribution in [2.24, 2.45) is 5.92 Å². The van der Waals surface area contributed by atoms with E-state index < -0.39 is 8.69 Å². The molecule has 1 saturated carbocycles. The van der Waals surface area contributed by atoms with Crippen LogP contribution in [0.15, 0.2) is 0 Å². The molecule has 0 aromatic rings. The topological polar surface area (TPSA) is 40.1 Å². The van der Waals surface area contributed by atoms with Gasteiger partial charge >= 0.3 is 29.6 Å². The van der Waals surface area contributed by atoms with Crippen LogP contribution in [-0.2, 0) is 4.57 Å². The normalized spacial score (nSPS) is 16.2. The van der Waals surface area contributed by atoms with Gasteiger partial charge in [-0.2, -0.15) is 0 Å². The number of hydrogen-bond acceptors (Lipinski definition) is 2. The molecule has 0 amide bonds. The second kappa shape index (κ2) is 9.19. The van der Waals surface area contributed by atoms with Crippen LogP contribution < -0.4 is 34.5 Å². The first-order chi connectivity index (χ1) is 3.85. The number of rotatable bonds is 1. The maximum Gasteiger partial charge on any atom is 1.00 e. The third-order valence-electron chi connectivity index (χ3n) is 1.27. The van der Waals surface area contributed by atoms with Crippen LogP contribution in [0.3, 0.4) is 0 Å². The molecule has 50 valence electrons. The second-order valence-corrected chi connectivity index (χ2v) is 2.14. The minimum absolute atomic E-state index is 0. The van der Waals surface area contributed by atoms with Crippen molar-refractivity contribution < 1.29 is 39.0 Å². The van der Waals surface area contributed by atoms with Crippen molar-refractivity contribution in [2.75, 3.05) is 0 Å². The van der Waals surface area contributed by atoms with Crippen molar-refractivity contribution in [1.82, 2.24) is 0 Å². The molecule has 1 atom stereocenters. The van der Waals surface area contributed by atoms with Crippen LogP contribution in [0.4, 0.5) is 0 Å². The first-order valence-corrected chi connectivity index (χ1v) is 3.85. The van der Waals surface area contributed by atoms with Gasteiger partial charge in [0.15, 0.2) is 0 Å². The Morgan fingerprint density at radius 1 is 1.67 bits per heavy atom. The fourth-order valence-corrected chi connectivity index (χ4v) is 0.526. The van der Waals surface area contributed by atoms with Crippen molar-refractivity contribution in [3.05, 3.63) is 0 Å². The first-order valence-electron chi connectivity index (χ1n) is 2.90. The van der Waals surface area contributed by atoms with Gasteiger partial charge in [-0.25, -0.2) is 0 Å². The predicted octanol–water partition coefficient (Wildman–Crippen LogP) is -2.17. The van der Waals surface area contributed by atoms with E-state index in [9.17, 15) is 0 Å². The Kier molecular flexibility index (Phi) is 13.1. The van der Waals surface area contributed by atoms with Crippen LogP contribution in [0.25, 0.3) is 0 Å². The Morgan fingerprint density at radius 3 is 2.00 bits per heavy atom. The van der Waals surface area contributed by atoms with Gasteiger partial charge in [-0.3, -0.25) is 0 Å². The third kappa shape index (κ3) is 12.4. The second-order valence-electron chi connectivity index (χ2n) is 1.95. The van der Waals surface area contributed by atoms with E-state index >= 15 is 0 Å². The summed E-state index contributed by atoms with van der Waals surface area (Å²) in [4.78, 5) is 8.46. The molecule has 0 N–H and O–H groups in total. The zero-order valence-corrected chi connectivity index (χ0v) is 9.25. The predicted molar refractivity (Wildman–Crippen MR) is 33.4 cm³/mol. The van der Waals surface area contributed by atoms with Crippen LogP contribution in [0.2, 0.25) is 0 Å². The Morgan fingerprint density at radius 2 is 2.00 bits per heavy atom. The fraction of sp³-hybridized carbons (Fsp3) is 1.00. The maximum absolute atomic E-state index is 8.46. The minimum atomic E-state index is -1.75. The summed E-state index contributed by atoms with van der Waals surface area (Å²) >= 11 is 0. The monoisotopic (exact) mass is 158 g/mol. The Bertz CT molecular complexity index is 66.0. The van der Waals surface area contributed by atoms with Crippen LogP contribution in [-0.4, -0.2) is 0 Å². The molecule has 1 aliphatic carbocycles. The maximum atomic E-state index is 8.46. The van der Waals surface area contributed by atoms with Crippen molar-refractivity contribution in [3.8, 4) is 0 Å². The summed E-state index contributed by atoms with van der Waals surface area (Å²) in [5.41, 5.74) is 0. The summed E-state index contributed by atoms with van der Waals surface area (Å²) < 4.78 is 8.46. The summed E-state index contributed by atoms with van der Waals surface area (Å²) in [6.07, 6.45) is 4.44. The van der Waals surface area contributed by atoms with E-state index in [2.05, 4.69) is 6.92 Å². The van der Waals surface area contributed by atoms with Crippen molar-refractivity contribution in [2.45, 2.75) is 26.2 Å². The Hall–Kier alpha value is 1.19. The van der Waals surface area contributed by atoms with Crippen LogP contribution >= 0.6 is 8.69 Å². The van der Waals surface area contributed by atoms with Crippen molar-refractivity contribution >= 4 is 8.69 Å². The van der Waals surface area contributed by atoms with Gasteiger partial charge in [0.2, 0.25) is 0 Å². The minimum Gasteiger partial charge on any atom is -0.804 e. The summed E-state index contributed by atoms with van der Waals surface area (Å²) in [5, 5.41) is 0. The first kappa shape index (κ1) is 12.8. The van der Waals surface area contributed by atoms with Crippen LogP contribution in [0, 0.1) is 5.92 Å². The van der Waals surface area contributed by atoms with Crippen LogP contribution in [0.5, 0.6) is 0 Å². The van der Waals surface area contributed by atoms with Crippen LogP contribution in [0.1, 0.15) is 26.2 Å². The van der Waals surface area contributed by atoms with Gasteiger partial charge in [-0.1, -0.05) is 26.2 Å². The van der Waals surface area contributed by atoms with E-state index in [1.165, 1.54) is 19.3 Å². The van der Waals surface area contributed by atoms with E-state index in [0.717, 1.165) is 5.92 Å². The molecule has 1 aliphatic rings. The smallest absolute Gasteiger partial charge is 0.804 e. The molecule has 0 heterocycles. The van der Waals surface area contributed by atoms with Crippen molar-refractivity contribution in [3.63, 3.8) is 0 Å². The molecule has 4 heteroatoms. The quantitative estimate of drug-likeness (QED) is 0.322. The SMILES string of the molecule is CCC1CC1.O=[PH2][O-].[Na+]. The summed E-state index contributed by atoms with van der Waals surface area (Å²) in [5.74, 6) is 1.13. The molecule has 0 aromatic heterocycles. The molecular formula is C5H12NaO2P. The molecule has 0 aromatic carbocycles. The number of hydrogen-bond donors (Lipinski definition) is 0. The Balaban J connectivity index is 0. The average molecular weight is 158 g/mol. The molecule has 1 fully saturated rings. The Labute approximate surface area is 79.6 Å². The summed E-state index contributed by atoms with van der Waals surface area (Å²) in [6, 6.07) is 0. The van der Waals surface area contributed by atoms with Gasteiger partial charge in [-0.05, 0) is 14.6 Å². The molecule has 0 saturated heterocycles. The molecular weight excluding hydrogens is 146 g/mol. The van der Waals surface area contributed by atoms with E-state index in [-0.39, 0.29) is 29.6 Å². The molecule has 0 radical (unpaired) electrons. The molecule has 2 nitrogen and oxygen atoms in total. The summed E-state index contributed by atoms with van der Waals surface area (Å²) in [7, 11) is -1.75. The molecule has 0 bridgehead atoms. The third-order valence-corrected chi connectivity index (χ3v) is 1.27. The molecule has 0 spiro atoms. The zero-order valence-electron chi connectivity index (χ0n) is 6.09. The van der Waals surface area contributed by atoms with E-state index in [0.29, 0.717) is 0 Å². The molecule has 1 unspecified atom stereocenters. The van der Waals surface area contributed by atoms with Gasteiger partial charge in [-0.15, -0.1) is 0 Å². The average Bonchev–Trinajstić information content (AvgIpc) is 2.48. The van der Waals surface area contributed by atoms with Gasteiger partial charge in [0.05, 0.1) is 0 Å². The van der Waals surface area contributed by atoms with Gasteiger partial charge in [0.1, 0.15) is 0 Å². The van der Waals surface area contributed by atoms with E-state index in [1.807, 2.05) is 0 Å². The standard InChI is InChI=1S/C5H10.Na.H3O2P/c1-2-5-3-4-5;;1-3-2/h5H,2-4H2,1H3;;3H2,(H,1,2)/q;+1;/p-1. The largest absolute Gasteiger partial charge is 1.00 e. The molecule has 0 aliphatic heterocycles. The summed E-state index contributed by atoms with van der Waals surface area (Å²) in [6.45, 7) is 2.26. The van der Waals surface area contributed by atoms with Gasteiger partial charge < -0.3 is 9.46 Å². The van der Waals surface area contributed by atoms with Gasteiger partial charge in [0.25, 0.3) is 0 Å².